The van der Waals surface area contributed by atoms with Crippen LogP contribution in [0.3, 0.4) is 0 Å². The molecule has 0 amide bonds. The highest BCUT2D eigenvalue weighted by molar-refractivity contribution is 5.80. The predicted molar refractivity (Wildman–Crippen MR) is 60.3 cm³/mol. The van der Waals surface area contributed by atoms with Crippen LogP contribution in [-0.4, -0.2) is 5.78 Å². The summed E-state index contributed by atoms with van der Waals surface area (Å²) < 4.78 is 0. The maximum absolute atomic E-state index is 11.5. The molecule has 0 aromatic rings. The highest BCUT2D eigenvalue weighted by Crippen LogP contribution is 2.32. The number of hydrogen-bond acceptors (Lipinski definition) is 1. The van der Waals surface area contributed by atoms with Crippen molar-refractivity contribution in [3.63, 3.8) is 0 Å². The van der Waals surface area contributed by atoms with E-state index in [-0.39, 0.29) is 0 Å². The number of unbranched alkanes of at least 4 members (excludes halogenated alkanes) is 1. The van der Waals surface area contributed by atoms with Gasteiger partial charge in [-0.2, -0.15) is 0 Å². The van der Waals surface area contributed by atoms with E-state index in [1.165, 1.54) is 44.9 Å². The average Bonchev–Trinajstić information content (AvgIpc) is 2.26. The number of carbonyl (C=O) groups excluding carboxylic acids is 1. The zero-order valence-corrected chi connectivity index (χ0v) is 9.72. The van der Waals surface area contributed by atoms with E-state index in [2.05, 4.69) is 6.92 Å². The number of rotatable bonds is 5. The third-order valence-corrected chi connectivity index (χ3v) is 3.62. The van der Waals surface area contributed by atoms with E-state index in [1.807, 2.05) is 6.92 Å². The van der Waals surface area contributed by atoms with Gasteiger partial charge in [0, 0.05) is 12.3 Å². The summed E-state index contributed by atoms with van der Waals surface area (Å²) in [5.74, 6) is 1.84. The van der Waals surface area contributed by atoms with Gasteiger partial charge in [0.05, 0.1) is 0 Å². The Morgan fingerprint density at radius 2 is 1.79 bits per heavy atom. The number of Topliss-reactive ketones (excluding diaryl/α,β-unsaturated/α-hetero) is 1. The lowest BCUT2D eigenvalue weighted by atomic mass is 9.78. The van der Waals surface area contributed by atoms with E-state index in [4.69, 9.17) is 0 Å². The van der Waals surface area contributed by atoms with Gasteiger partial charge in [0.1, 0.15) is 5.78 Å². The Hall–Kier alpha value is -0.330. The monoisotopic (exact) mass is 196 g/mol. The van der Waals surface area contributed by atoms with Crippen LogP contribution >= 0.6 is 0 Å². The Bertz CT molecular complexity index is 166. The van der Waals surface area contributed by atoms with Crippen LogP contribution in [0.1, 0.15) is 65.2 Å². The summed E-state index contributed by atoms with van der Waals surface area (Å²) >= 11 is 0. The van der Waals surface area contributed by atoms with Crippen molar-refractivity contribution in [3.05, 3.63) is 0 Å². The van der Waals surface area contributed by atoms with Gasteiger partial charge in [0.25, 0.3) is 0 Å². The minimum absolute atomic E-state index is 0.415. The first-order valence-electron chi connectivity index (χ1n) is 6.30. The van der Waals surface area contributed by atoms with Gasteiger partial charge in [0.15, 0.2) is 0 Å². The lowest BCUT2D eigenvalue weighted by Crippen LogP contribution is -2.21. The predicted octanol–water partition coefficient (Wildman–Crippen LogP) is 3.96. The maximum atomic E-state index is 11.5. The molecular formula is C13H24O. The van der Waals surface area contributed by atoms with Crippen LogP contribution in [0.15, 0.2) is 0 Å². The fourth-order valence-electron chi connectivity index (χ4n) is 2.55. The molecule has 0 heterocycles. The summed E-state index contributed by atoms with van der Waals surface area (Å²) in [5.41, 5.74) is 0. The molecule has 1 aliphatic rings. The van der Waals surface area contributed by atoms with Gasteiger partial charge >= 0.3 is 0 Å². The third kappa shape index (κ3) is 3.43. The van der Waals surface area contributed by atoms with Crippen LogP contribution in [0.4, 0.5) is 0 Å². The molecule has 1 rings (SSSR count). The Morgan fingerprint density at radius 3 is 2.29 bits per heavy atom. The zero-order valence-electron chi connectivity index (χ0n) is 9.72. The molecule has 1 saturated carbocycles. The lowest BCUT2D eigenvalue weighted by molar-refractivity contribution is -0.123. The van der Waals surface area contributed by atoms with E-state index in [0.29, 0.717) is 11.7 Å². The van der Waals surface area contributed by atoms with Crippen LogP contribution in [0, 0.1) is 11.8 Å². The molecule has 0 aliphatic heterocycles. The third-order valence-electron chi connectivity index (χ3n) is 3.62. The first kappa shape index (κ1) is 11.7. The summed E-state index contributed by atoms with van der Waals surface area (Å²) in [4.78, 5) is 11.5. The summed E-state index contributed by atoms with van der Waals surface area (Å²) in [6, 6.07) is 0. The normalized spacial score (nSPS) is 27.6. The second kappa shape index (κ2) is 6.21. The molecule has 0 spiro atoms. The van der Waals surface area contributed by atoms with Crippen molar-refractivity contribution >= 4 is 5.78 Å². The Morgan fingerprint density at radius 1 is 1.14 bits per heavy atom. The molecule has 1 aliphatic carbocycles. The van der Waals surface area contributed by atoms with Crippen molar-refractivity contribution in [1.29, 1.82) is 0 Å². The van der Waals surface area contributed by atoms with Crippen molar-refractivity contribution in [2.24, 2.45) is 11.8 Å². The molecule has 82 valence electrons. The minimum Gasteiger partial charge on any atom is -0.299 e. The summed E-state index contributed by atoms with van der Waals surface area (Å²) in [6.07, 6.45) is 9.76. The van der Waals surface area contributed by atoms with Crippen molar-refractivity contribution in [1.82, 2.24) is 0 Å². The molecule has 0 unspecified atom stereocenters. The molecule has 0 atom stereocenters. The molecule has 1 nitrogen and oxygen atoms in total. The van der Waals surface area contributed by atoms with Gasteiger partial charge in [0.2, 0.25) is 0 Å². The smallest absolute Gasteiger partial charge is 0.135 e. The largest absolute Gasteiger partial charge is 0.299 e. The van der Waals surface area contributed by atoms with Crippen molar-refractivity contribution < 1.29 is 4.79 Å². The summed E-state index contributed by atoms with van der Waals surface area (Å²) in [7, 11) is 0. The Labute approximate surface area is 88.3 Å². The topological polar surface area (TPSA) is 17.1 Å². The quantitative estimate of drug-likeness (QED) is 0.650. The number of ketones is 1. The Balaban J connectivity index is 2.20. The fourth-order valence-corrected chi connectivity index (χ4v) is 2.55. The molecule has 0 aromatic carbocycles. The van der Waals surface area contributed by atoms with E-state index in [9.17, 15) is 4.79 Å². The molecule has 1 fully saturated rings. The minimum atomic E-state index is 0.415. The SMILES string of the molecule is CCCCC1CCC(C(=O)CC)CC1. The van der Waals surface area contributed by atoms with E-state index < -0.39 is 0 Å². The van der Waals surface area contributed by atoms with Crippen LogP contribution in [0.25, 0.3) is 0 Å². The van der Waals surface area contributed by atoms with E-state index in [0.717, 1.165) is 12.3 Å². The second-order valence-electron chi connectivity index (χ2n) is 4.68. The summed E-state index contributed by atoms with van der Waals surface area (Å²) in [5, 5.41) is 0. The van der Waals surface area contributed by atoms with Gasteiger partial charge in [-0.15, -0.1) is 0 Å². The molecule has 0 bridgehead atoms. The van der Waals surface area contributed by atoms with E-state index in [1.54, 1.807) is 0 Å². The van der Waals surface area contributed by atoms with E-state index >= 15 is 0 Å². The van der Waals surface area contributed by atoms with Crippen LogP contribution in [0.5, 0.6) is 0 Å². The number of carbonyl (C=O) groups is 1. The molecular weight excluding hydrogens is 172 g/mol. The van der Waals surface area contributed by atoms with Gasteiger partial charge in [-0.25, -0.2) is 0 Å². The molecule has 0 aromatic heterocycles. The van der Waals surface area contributed by atoms with Gasteiger partial charge < -0.3 is 0 Å². The number of hydrogen-bond donors (Lipinski definition) is 0. The van der Waals surface area contributed by atoms with Crippen LogP contribution in [-0.2, 0) is 4.79 Å². The molecule has 0 saturated heterocycles. The highest BCUT2D eigenvalue weighted by Gasteiger charge is 2.24. The lowest BCUT2D eigenvalue weighted by Gasteiger charge is -2.27. The highest BCUT2D eigenvalue weighted by atomic mass is 16.1. The molecule has 1 heteroatoms. The average molecular weight is 196 g/mol. The van der Waals surface area contributed by atoms with Gasteiger partial charge in [-0.1, -0.05) is 33.1 Å². The van der Waals surface area contributed by atoms with Crippen LogP contribution in [0.2, 0.25) is 0 Å². The zero-order chi connectivity index (χ0) is 10.4. The molecule has 0 radical (unpaired) electrons. The fraction of sp³-hybridized carbons (Fsp3) is 0.923. The maximum Gasteiger partial charge on any atom is 0.135 e. The van der Waals surface area contributed by atoms with Gasteiger partial charge in [-0.05, 0) is 31.6 Å². The molecule has 14 heavy (non-hydrogen) atoms. The van der Waals surface area contributed by atoms with Crippen molar-refractivity contribution in [3.8, 4) is 0 Å². The first-order valence-corrected chi connectivity index (χ1v) is 6.30. The van der Waals surface area contributed by atoms with Crippen LogP contribution < -0.4 is 0 Å². The standard InChI is InChI=1S/C13H24O/c1-3-5-6-11-7-9-12(10-8-11)13(14)4-2/h11-12H,3-10H2,1-2H3. The second-order valence-corrected chi connectivity index (χ2v) is 4.68. The van der Waals surface area contributed by atoms with Crippen molar-refractivity contribution in [2.45, 2.75) is 65.2 Å². The first-order chi connectivity index (χ1) is 6.77. The summed E-state index contributed by atoms with van der Waals surface area (Å²) in [6.45, 7) is 4.25. The van der Waals surface area contributed by atoms with Crippen molar-refractivity contribution in [2.75, 3.05) is 0 Å². The molecule has 0 N–H and O–H groups in total. The Kier molecular flexibility index (Phi) is 5.21. The van der Waals surface area contributed by atoms with Gasteiger partial charge in [-0.3, -0.25) is 4.79 Å².